The van der Waals surface area contributed by atoms with Crippen molar-refractivity contribution in [2.75, 3.05) is 18.1 Å². The van der Waals surface area contributed by atoms with Crippen LogP contribution in [0.15, 0.2) is 0 Å². The Kier molecular flexibility index (Phi) is 5.39. The van der Waals surface area contributed by atoms with Crippen molar-refractivity contribution in [1.82, 2.24) is 5.32 Å². The lowest BCUT2D eigenvalue weighted by atomic mass is 10.0. The first kappa shape index (κ1) is 14.4. The third kappa shape index (κ3) is 5.04. The number of rotatable bonds is 6. The van der Waals surface area contributed by atoms with Crippen LogP contribution in [0.3, 0.4) is 0 Å². The summed E-state index contributed by atoms with van der Waals surface area (Å²) in [5.41, 5.74) is 5.56. The van der Waals surface area contributed by atoms with Crippen molar-refractivity contribution in [3.63, 3.8) is 0 Å². The van der Waals surface area contributed by atoms with Gasteiger partial charge in [0.1, 0.15) is 0 Å². The van der Waals surface area contributed by atoms with Crippen molar-refractivity contribution in [3.8, 4) is 0 Å². The summed E-state index contributed by atoms with van der Waals surface area (Å²) in [6.07, 6.45) is 2.73. The fourth-order valence-electron chi connectivity index (χ4n) is 2.03. The average molecular weight is 262 g/mol. The Morgan fingerprint density at radius 3 is 2.71 bits per heavy atom. The van der Waals surface area contributed by atoms with Crippen molar-refractivity contribution in [2.45, 2.75) is 38.6 Å². The quantitative estimate of drug-likeness (QED) is 0.708. The summed E-state index contributed by atoms with van der Waals surface area (Å²) in [6, 6.07) is -0.189. The number of amides is 1. The molecule has 5 nitrogen and oxygen atoms in total. The van der Waals surface area contributed by atoms with Crippen molar-refractivity contribution >= 4 is 15.7 Å². The number of carbonyl (C=O) groups excluding carboxylic acids is 1. The zero-order chi connectivity index (χ0) is 12.9. The Balaban J connectivity index is 2.26. The van der Waals surface area contributed by atoms with E-state index in [1.807, 2.05) is 0 Å². The highest BCUT2D eigenvalue weighted by atomic mass is 32.2. The standard InChI is InChI=1S/C11H22N2O3S/c1-2-9(7-12)3-4-11(14)13-10-5-6-17(15,16)8-10/h9-10H,2-8,12H2,1H3,(H,13,14). The van der Waals surface area contributed by atoms with Crippen molar-refractivity contribution < 1.29 is 13.2 Å². The number of nitrogens with one attached hydrogen (secondary N) is 1. The minimum absolute atomic E-state index is 0.0565. The minimum atomic E-state index is -2.92. The molecule has 0 radical (unpaired) electrons. The zero-order valence-corrected chi connectivity index (χ0v) is 11.1. The van der Waals surface area contributed by atoms with Crippen LogP contribution in [-0.4, -0.2) is 38.4 Å². The first-order chi connectivity index (χ1) is 7.96. The van der Waals surface area contributed by atoms with Gasteiger partial charge in [0.25, 0.3) is 0 Å². The van der Waals surface area contributed by atoms with Crippen LogP contribution in [0.4, 0.5) is 0 Å². The zero-order valence-electron chi connectivity index (χ0n) is 10.3. The van der Waals surface area contributed by atoms with E-state index in [1.54, 1.807) is 0 Å². The van der Waals surface area contributed by atoms with Crippen molar-refractivity contribution in [2.24, 2.45) is 11.7 Å². The molecule has 0 saturated carbocycles. The molecule has 0 bridgehead atoms. The molecule has 6 heteroatoms. The first-order valence-corrected chi connectivity index (χ1v) is 7.99. The van der Waals surface area contributed by atoms with Crippen LogP contribution in [-0.2, 0) is 14.6 Å². The highest BCUT2D eigenvalue weighted by Gasteiger charge is 2.28. The molecule has 0 aromatic carbocycles. The van der Waals surface area contributed by atoms with Gasteiger partial charge in [0.2, 0.25) is 5.91 Å². The van der Waals surface area contributed by atoms with E-state index in [0.717, 1.165) is 12.8 Å². The molecule has 100 valence electrons. The van der Waals surface area contributed by atoms with Gasteiger partial charge in [0, 0.05) is 12.5 Å². The number of hydrogen-bond donors (Lipinski definition) is 2. The number of hydrogen-bond acceptors (Lipinski definition) is 4. The summed E-state index contributed by atoms with van der Waals surface area (Å²) < 4.78 is 22.4. The SMILES string of the molecule is CCC(CN)CCC(=O)NC1CCS(=O)(=O)C1. The van der Waals surface area contributed by atoms with E-state index in [9.17, 15) is 13.2 Å². The third-order valence-corrected chi connectivity index (χ3v) is 5.06. The summed E-state index contributed by atoms with van der Waals surface area (Å²) in [5.74, 6) is 0.609. The van der Waals surface area contributed by atoms with Gasteiger partial charge in [0.15, 0.2) is 9.84 Å². The highest BCUT2D eigenvalue weighted by Crippen LogP contribution is 2.13. The van der Waals surface area contributed by atoms with Crippen molar-refractivity contribution in [3.05, 3.63) is 0 Å². The molecule has 1 rings (SSSR count). The van der Waals surface area contributed by atoms with E-state index in [-0.39, 0.29) is 23.5 Å². The molecule has 17 heavy (non-hydrogen) atoms. The summed E-state index contributed by atoms with van der Waals surface area (Å²) in [7, 11) is -2.92. The monoisotopic (exact) mass is 262 g/mol. The topological polar surface area (TPSA) is 89.3 Å². The van der Waals surface area contributed by atoms with Crippen LogP contribution in [0, 0.1) is 5.92 Å². The van der Waals surface area contributed by atoms with E-state index in [1.165, 1.54) is 0 Å². The Bertz CT molecular complexity index is 350. The van der Waals surface area contributed by atoms with E-state index < -0.39 is 9.84 Å². The Labute approximate surface area is 103 Å². The molecule has 1 heterocycles. The summed E-state index contributed by atoms with van der Waals surface area (Å²) in [4.78, 5) is 11.6. The number of nitrogens with two attached hydrogens (primary N) is 1. The maximum absolute atomic E-state index is 11.6. The molecule has 3 N–H and O–H groups in total. The maximum Gasteiger partial charge on any atom is 0.220 e. The second-order valence-corrected chi connectivity index (χ2v) is 6.94. The molecular weight excluding hydrogens is 240 g/mol. The molecule has 1 fully saturated rings. The lowest BCUT2D eigenvalue weighted by Gasteiger charge is -2.14. The third-order valence-electron chi connectivity index (χ3n) is 3.29. The van der Waals surface area contributed by atoms with Crippen LogP contribution in [0.2, 0.25) is 0 Å². The Morgan fingerprint density at radius 1 is 1.53 bits per heavy atom. The van der Waals surface area contributed by atoms with E-state index in [0.29, 0.717) is 25.3 Å². The Hall–Kier alpha value is -0.620. The fraction of sp³-hybridized carbons (Fsp3) is 0.909. The number of sulfone groups is 1. The molecule has 2 atom stereocenters. The first-order valence-electron chi connectivity index (χ1n) is 6.16. The van der Waals surface area contributed by atoms with Gasteiger partial charge in [-0.05, 0) is 25.3 Å². The minimum Gasteiger partial charge on any atom is -0.352 e. The van der Waals surface area contributed by atoms with Crippen LogP contribution in [0.1, 0.15) is 32.6 Å². The second kappa shape index (κ2) is 6.35. The van der Waals surface area contributed by atoms with Gasteiger partial charge in [-0.2, -0.15) is 0 Å². The lowest BCUT2D eigenvalue weighted by Crippen LogP contribution is -2.35. The van der Waals surface area contributed by atoms with Crippen LogP contribution in [0.25, 0.3) is 0 Å². The summed E-state index contributed by atoms with van der Waals surface area (Å²) in [5, 5.41) is 2.78. The average Bonchev–Trinajstić information content (AvgIpc) is 2.59. The van der Waals surface area contributed by atoms with Crippen molar-refractivity contribution in [1.29, 1.82) is 0 Å². The van der Waals surface area contributed by atoms with Gasteiger partial charge < -0.3 is 11.1 Å². The molecule has 2 unspecified atom stereocenters. The fourth-order valence-corrected chi connectivity index (χ4v) is 3.71. The lowest BCUT2D eigenvalue weighted by molar-refractivity contribution is -0.121. The smallest absolute Gasteiger partial charge is 0.220 e. The molecule has 1 saturated heterocycles. The van der Waals surface area contributed by atoms with Crippen LogP contribution >= 0.6 is 0 Å². The van der Waals surface area contributed by atoms with E-state index in [4.69, 9.17) is 5.73 Å². The molecule has 1 aliphatic rings. The predicted molar refractivity (Wildman–Crippen MR) is 67.3 cm³/mol. The largest absolute Gasteiger partial charge is 0.352 e. The summed E-state index contributed by atoms with van der Waals surface area (Å²) in [6.45, 7) is 2.65. The second-order valence-electron chi connectivity index (χ2n) is 4.72. The van der Waals surface area contributed by atoms with Gasteiger partial charge >= 0.3 is 0 Å². The van der Waals surface area contributed by atoms with Gasteiger partial charge in [-0.3, -0.25) is 4.79 Å². The predicted octanol–water partition coefficient (Wildman–Crippen LogP) is 0.0548. The summed E-state index contributed by atoms with van der Waals surface area (Å²) >= 11 is 0. The van der Waals surface area contributed by atoms with Crippen LogP contribution < -0.4 is 11.1 Å². The molecular formula is C11H22N2O3S. The molecule has 0 aliphatic carbocycles. The number of carbonyl (C=O) groups is 1. The highest BCUT2D eigenvalue weighted by molar-refractivity contribution is 7.91. The maximum atomic E-state index is 11.6. The van der Waals surface area contributed by atoms with Gasteiger partial charge in [-0.25, -0.2) is 8.42 Å². The molecule has 1 aliphatic heterocycles. The molecule has 0 spiro atoms. The van der Waals surface area contributed by atoms with Crippen LogP contribution in [0.5, 0.6) is 0 Å². The van der Waals surface area contributed by atoms with Gasteiger partial charge in [0.05, 0.1) is 11.5 Å². The normalized spacial score (nSPS) is 24.5. The molecule has 0 aromatic rings. The van der Waals surface area contributed by atoms with Gasteiger partial charge in [-0.1, -0.05) is 13.3 Å². The molecule has 1 amide bonds. The Morgan fingerprint density at radius 2 is 2.24 bits per heavy atom. The van der Waals surface area contributed by atoms with E-state index >= 15 is 0 Å². The van der Waals surface area contributed by atoms with E-state index in [2.05, 4.69) is 12.2 Å². The van der Waals surface area contributed by atoms with Gasteiger partial charge in [-0.15, -0.1) is 0 Å². The molecule has 0 aromatic heterocycles.